The van der Waals surface area contributed by atoms with Gasteiger partial charge in [-0.25, -0.2) is 0 Å². The third-order valence-corrected chi connectivity index (χ3v) is 4.45. The molecule has 0 heterocycles. The van der Waals surface area contributed by atoms with Crippen molar-refractivity contribution >= 4 is 21.8 Å². The van der Waals surface area contributed by atoms with E-state index in [4.69, 9.17) is 9.47 Å². The highest BCUT2D eigenvalue weighted by Gasteiger charge is 2.52. The first-order valence-electron chi connectivity index (χ1n) is 7.17. The van der Waals surface area contributed by atoms with E-state index in [0.29, 0.717) is 26.3 Å². The number of benzene rings is 1. The zero-order chi connectivity index (χ0) is 15.3. The van der Waals surface area contributed by atoms with Gasteiger partial charge in [-0.2, -0.15) is 0 Å². The molecule has 1 aliphatic rings. The Morgan fingerprint density at radius 3 is 2.33 bits per heavy atom. The van der Waals surface area contributed by atoms with Crippen molar-refractivity contribution in [3.05, 3.63) is 34.3 Å². The summed E-state index contributed by atoms with van der Waals surface area (Å²) in [6.07, 6.45) is 1.83. The molecular weight excluding hydrogens is 334 g/mol. The van der Waals surface area contributed by atoms with E-state index >= 15 is 0 Å². The Kier molecular flexibility index (Phi) is 5.79. The monoisotopic (exact) mass is 355 g/mol. The largest absolute Gasteiger partial charge is 0.383 e. The van der Waals surface area contributed by atoms with Crippen LogP contribution in [0.5, 0.6) is 0 Å². The van der Waals surface area contributed by atoms with Gasteiger partial charge >= 0.3 is 0 Å². The third kappa shape index (κ3) is 3.84. The Hall–Kier alpha value is -0.910. The van der Waals surface area contributed by atoms with Crippen LogP contribution < -0.4 is 0 Å². The van der Waals surface area contributed by atoms with Crippen LogP contribution in [0.15, 0.2) is 28.7 Å². The molecule has 0 aliphatic heterocycles. The first-order chi connectivity index (χ1) is 10.1. The number of hydrogen-bond acceptors (Lipinski definition) is 3. The number of ether oxygens (including phenoxy) is 2. The maximum absolute atomic E-state index is 13.0. The molecule has 2 rings (SSSR count). The van der Waals surface area contributed by atoms with E-state index in [2.05, 4.69) is 22.0 Å². The number of rotatable bonds is 8. The van der Waals surface area contributed by atoms with E-state index in [1.165, 1.54) is 0 Å². The van der Waals surface area contributed by atoms with Gasteiger partial charge < -0.3 is 14.4 Å². The minimum Gasteiger partial charge on any atom is -0.383 e. The Morgan fingerprint density at radius 2 is 1.86 bits per heavy atom. The lowest BCUT2D eigenvalue weighted by molar-refractivity contribution is -0.135. The molecule has 0 N–H and O–H groups in total. The number of halogens is 1. The van der Waals surface area contributed by atoms with E-state index in [1.807, 2.05) is 23.1 Å². The quantitative estimate of drug-likeness (QED) is 0.719. The first-order valence-corrected chi connectivity index (χ1v) is 7.96. The number of methoxy groups -OCH3 is 2. The Labute approximate surface area is 134 Å². The fourth-order valence-electron chi connectivity index (χ4n) is 2.56. The Balaban J connectivity index is 2.15. The maximum atomic E-state index is 13.0. The highest BCUT2D eigenvalue weighted by molar-refractivity contribution is 9.10. The van der Waals surface area contributed by atoms with Gasteiger partial charge in [-0.3, -0.25) is 4.79 Å². The fraction of sp³-hybridized carbons (Fsp3) is 0.562. The summed E-state index contributed by atoms with van der Waals surface area (Å²) in [5, 5.41) is 0. The van der Waals surface area contributed by atoms with Gasteiger partial charge in [-0.15, -0.1) is 0 Å². The number of amides is 1. The Morgan fingerprint density at radius 1 is 1.24 bits per heavy atom. The summed E-state index contributed by atoms with van der Waals surface area (Å²) in [6.45, 7) is 2.30. The van der Waals surface area contributed by atoms with Gasteiger partial charge in [0.1, 0.15) is 0 Å². The van der Waals surface area contributed by atoms with Crippen LogP contribution in [0, 0.1) is 0 Å². The molecule has 0 spiro atoms. The van der Waals surface area contributed by atoms with Gasteiger partial charge in [-0.05, 0) is 30.5 Å². The molecule has 116 valence electrons. The highest BCUT2D eigenvalue weighted by Crippen LogP contribution is 2.50. The van der Waals surface area contributed by atoms with Crippen LogP contribution in [0.4, 0.5) is 0 Å². The second kappa shape index (κ2) is 7.38. The summed E-state index contributed by atoms with van der Waals surface area (Å²) in [4.78, 5) is 14.8. The van der Waals surface area contributed by atoms with Gasteiger partial charge in [0.25, 0.3) is 0 Å². The van der Waals surface area contributed by atoms with Crippen molar-refractivity contribution in [2.45, 2.75) is 18.3 Å². The van der Waals surface area contributed by atoms with Gasteiger partial charge in [-0.1, -0.05) is 28.1 Å². The average molecular weight is 356 g/mol. The van der Waals surface area contributed by atoms with Crippen molar-refractivity contribution in [2.75, 3.05) is 40.5 Å². The molecule has 0 unspecified atom stereocenters. The molecule has 0 bridgehead atoms. The van der Waals surface area contributed by atoms with Crippen LogP contribution in [-0.2, 0) is 19.7 Å². The summed E-state index contributed by atoms with van der Waals surface area (Å²) >= 11 is 3.49. The Bertz CT molecular complexity index is 480. The predicted octanol–water partition coefficient (Wildman–Crippen LogP) is 2.60. The lowest BCUT2D eigenvalue weighted by Crippen LogP contribution is -2.42. The molecule has 1 aliphatic carbocycles. The van der Waals surface area contributed by atoms with Crippen molar-refractivity contribution in [1.29, 1.82) is 0 Å². The predicted molar refractivity (Wildman–Crippen MR) is 85.4 cm³/mol. The number of hydrogen-bond donors (Lipinski definition) is 0. The summed E-state index contributed by atoms with van der Waals surface area (Å²) < 4.78 is 11.2. The minimum absolute atomic E-state index is 0.190. The van der Waals surface area contributed by atoms with Gasteiger partial charge in [0.15, 0.2) is 0 Å². The lowest BCUT2D eigenvalue weighted by Gasteiger charge is -2.27. The standard InChI is InChI=1S/C16H22BrNO3/c1-20-10-8-18(9-11-21-2)15(19)16(6-7-16)13-4-3-5-14(17)12-13/h3-5,12H,6-11H2,1-2H3. The SMILES string of the molecule is COCCN(CCOC)C(=O)C1(c2cccc(Br)c2)CC1. The molecule has 0 radical (unpaired) electrons. The molecule has 1 saturated carbocycles. The number of carbonyl (C=O) groups is 1. The van der Waals surface area contributed by atoms with Crippen LogP contribution >= 0.6 is 15.9 Å². The molecule has 21 heavy (non-hydrogen) atoms. The van der Waals surface area contributed by atoms with E-state index in [-0.39, 0.29) is 11.3 Å². The van der Waals surface area contributed by atoms with Crippen LogP contribution in [-0.4, -0.2) is 51.3 Å². The third-order valence-electron chi connectivity index (χ3n) is 3.95. The molecule has 0 saturated heterocycles. The van der Waals surface area contributed by atoms with E-state index in [9.17, 15) is 4.79 Å². The molecular formula is C16H22BrNO3. The number of nitrogens with zero attached hydrogens (tertiary/aromatic N) is 1. The highest BCUT2D eigenvalue weighted by atomic mass is 79.9. The van der Waals surface area contributed by atoms with Crippen LogP contribution in [0.2, 0.25) is 0 Å². The van der Waals surface area contributed by atoms with Gasteiger partial charge in [0.05, 0.1) is 18.6 Å². The molecule has 1 amide bonds. The van der Waals surface area contributed by atoms with Gasteiger partial charge in [0.2, 0.25) is 5.91 Å². The molecule has 0 atom stereocenters. The van der Waals surface area contributed by atoms with Crippen LogP contribution in [0.25, 0.3) is 0 Å². The van der Waals surface area contributed by atoms with Crippen molar-refractivity contribution in [2.24, 2.45) is 0 Å². The summed E-state index contributed by atoms with van der Waals surface area (Å²) in [6, 6.07) is 8.06. The number of carbonyl (C=O) groups excluding carboxylic acids is 1. The first kappa shape index (κ1) is 16.5. The van der Waals surface area contributed by atoms with Crippen molar-refractivity contribution in [3.8, 4) is 0 Å². The van der Waals surface area contributed by atoms with E-state index < -0.39 is 0 Å². The zero-order valence-corrected chi connectivity index (χ0v) is 14.2. The molecule has 1 aromatic rings. The van der Waals surface area contributed by atoms with Crippen molar-refractivity contribution in [1.82, 2.24) is 4.90 Å². The molecule has 5 heteroatoms. The second-order valence-corrected chi connectivity index (χ2v) is 6.29. The van der Waals surface area contributed by atoms with Crippen LogP contribution in [0.3, 0.4) is 0 Å². The molecule has 0 aromatic heterocycles. The van der Waals surface area contributed by atoms with E-state index in [1.54, 1.807) is 14.2 Å². The second-order valence-electron chi connectivity index (χ2n) is 5.37. The molecule has 1 aromatic carbocycles. The maximum Gasteiger partial charge on any atom is 0.233 e. The van der Waals surface area contributed by atoms with Crippen molar-refractivity contribution in [3.63, 3.8) is 0 Å². The molecule has 1 fully saturated rings. The molecule has 4 nitrogen and oxygen atoms in total. The normalized spacial score (nSPS) is 15.8. The topological polar surface area (TPSA) is 38.8 Å². The van der Waals surface area contributed by atoms with Gasteiger partial charge in [0, 0.05) is 31.8 Å². The lowest BCUT2D eigenvalue weighted by atomic mass is 9.94. The summed E-state index contributed by atoms with van der Waals surface area (Å²) in [7, 11) is 3.31. The van der Waals surface area contributed by atoms with Crippen molar-refractivity contribution < 1.29 is 14.3 Å². The van der Waals surface area contributed by atoms with Crippen LogP contribution in [0.1, 0.15) is 18.4 Å². The zero-order valence-electron chi connectivity index (χ0n) is 12.6. The summed E-state index contributed by atoms with van der Waals surface area (Å²) in [5.41, 5.74) is 0.757. The smallest absolute Gasteiger partial charge is 0.233 e. The minimum atomic E-state index is -0.342. The average Bonchev–Trinajstić information content (AvgIpc) is 3.28. The van der Waals surface area contributed by atoms with E-state index in [0.717, 1.165) is 22.9 Å². The fourth-order valence-corrected chi connectivity index (χ4v) is 2.96. The summed E-state index contributed by atoms with van der Waals surface area (Å²) in [5.74, 6) is 0.190.